The van der Waals surface area contributed by atoms with Gasteiger partial charge in [0.05, 0.1) is 0 Å². The number of rotatable bonds is 1. The molecule has 0 aliphatic carbocycles. The summed E-state index contributed by atoms with van der Waals surface area (Å²) >= 11 is 1.87. The zero-order valence-corrected chi connectivity index (χ0v) is 7.91. The van der Waals surface area contributed by atoms with E-state index in [2.05, 4.69) is 19.2 Å². The molecule has 3 heteroatoms. The lowest BCUT2D eigenvalue weighted by Crippen LogP contribution is -2.38. The molecule has 1 aliphatic rings. The van der Waals surface area contributed by atoms with Crippen molar-refractivity contribution in [3.63, 3.8) is 0 Å². The largest absolute Gasteiger partial charge is 0.352 e. The summed E-state index contributed by atoms with van der Waals surface area (Å²) < 4.78 is 0. The van der Waals surface area contributed by atoms with Crippen molar-refractivity contribution in [1.82, 2.24) is 5.32 Å². The molecule has 64 valence electrons. The number of thioether (sulfide) groups is 1. The molecule has 1 amide bonds. The Labute approximate surface area is 72.1 Å². The predicted molar refractivity (Wildman–Crippen MR) is 48.7 cm³/mol. The van der Waals surface area contributed by atoms with Crippen LogP contribution in [-0.2, 0) is 4.79 Å². The smallest absolute Gasteiger partial charge is 0.221 e. The van der Waals surface area contributed by atoms with E-state index in [0.29, 0.717) is 18.4 Å². The molecule has 0 spiro atoms. The van der Waals surface area contributed by atoms with E-state index >= 15 is 0 Å². The lowest BCUT2D eigenvalue weighted by Gasteiger charge is -2.18. The monoisotopic (exact) mass is 173 g/mol. The Kier molecular flexibility index (Phi) is 3.24. The number of carbonyl (C=O) groups is 1. The first-order valence-electron chi connectivity index (χ1n) is 4.07. The molecular formula is C8H15NOS. The lowest BCUT2D eigenvalue weighted by molar-refractivity contribution is -0.121. The molecule has 1 atom stereocenters. The summed E-state index contributed by atoms with van der Waals surface area (Å²) in [6.45, 7) is 4.30. The summed E-state index contributed by atoms with van der Waals surface area (Å²) in [5.41, 5.74) is 0. The van der Waals surface area contributed by atoms with Gasteiger partial charge in [0.1, 0.15) is 0 Å². The Morgan fingerprint density at radius 3 is 3.00 bits per heavy atom. The third-order valence-electron chi connectivity index (χ3n) is 1.92. The molecule has 1 aliphatic heterocycles. The molecule has 1 rings (SSSR count). The maximum absolute atomic E-state index is 11.1. The Morgan fingerprint density at radius 2 is 2.36 bits per heavy atom. The normalized spacial score (nSPS) is 26.5. The molecule has 0 aromatic heterocycles. The third kappa shape index (κ3) is 2.73. The molecule has 0 aromatic rings. The van der Waals surface area contributed by atoms with Crippen molar-refractivity contribution in [2.45, 2.75) is 26.3 Å². The molecule has 0 saturated carbocycles. The van der Waals surface area contributed by atoms with Gasteiger partial charge >= 0.3 is 0 Å². The summed E-state index contributed by atoms with van der Waals surface area (Å²) in [5, 5.41) is 3.02. The molecule has 1 fully saturated rings. The molecule has 11 heavy (non-hydrogen) atoms. The zero-order chi connectivity index (χ0) is 8.27. The van der Waals surface area contributed by atoms with E-state index in [1.165, 1.54) is 0 Å². The lowest BCUT2D eigenvalue weighted by atomic mass is 10.1. The van der Waals surface area contributed by atoms with Gasteiger partial charge in [0.15, 0.2) is 0 Å². The summed E-state index contributed by atoms with van der Waals surface area (Å²) in [6, 6.07) is 0.384. The minimum Gasteiger partial charge on any atom is -0.352 e. The molecule has 1 N–H and O–H groups in total. The van der Waals surface area contributed by atoms with E-state index in [1.54, 1.807) is 0 Å². The highest BCUT2D eigenvalue weighted by Gasteiger charge is 2.18. The first-order valence-corrected chi connectivity index (χ1v) is 5.22. The molecule has 1 unspecified atom stereocenters. The maximum atomic E-state index is 11.1. The molecule has 0 aromatic carbocycles. The van der Waals surface area contributed by atoms with Crippen LogP contribution in [0, 0.1) is 5.92 Å². The van der Waals surface area contributed by atoms with Crippen molar-refractivity contribution in [1.29, 1.82) is 0 Å². The van der Waals surface area contributed by atoms with Crippen molar-refractivity contribution in [3.05, 3.63) is 0 Å². The van der Waals surface area contributed by atoms with Crippen molar-refractivity contribution in [3.8, 4) is 0 Å². The SMILES string of the molecule is CC(C)C1CSCCC(=O)N1. The molecular weight excluding hydrogens is 158 g/mol. The van der Waals surface area contributed by atoms with Crippen LogP contribution in [0.15, 0.2) is 0 Å². The average molecular weight is 173 g/mol. The Morgan fingerprint density at radius 1 is 1.64 bits per heavy atom. The molecule has 1 heterocycles. The minimum atomic E-state index is 0.216. The first kappa shape index (κ1) is 8.91. The van der Waals surface area contributed by atoms with Crippen molar-refractivity contribution < 1.29 is 4.79 Å². The Balaban J connectivity index is 2.45. The van der Waals surface area contributed by atoms with Crippen LogP contribution >= 0.6 is 11.8 Å². The molecule has 1 saturated heterocycles. The number of nitrogens with one attached hydrogen (secondary N) is 1. The quantitative estimate of drug-likeness (QED) is 0.647. The van der Waals surface area contributed by atoms with Crippen molar-refractivity contribution >= 4 is 17.7 Å². The predicted octanol–water partition coefficient (Wildman–Crippen LogP) is 1.26. The van der Waals surface area contributed by atoms with Crippen molar-refractivity contribution in [2.24, 2.45) is 5.92 Å². The van der Waals surface area contributed by atoms with E-state index in [-0.39, 0.29) is 5.91 Å². The third-order valence-corrected chi connectivity index (χ3v) is 3.01. The highest BCUT2D eigenvalue weighted by atomic mass is 32.2. The van der Waals surface area contributed by atoms with Crippen LogP contribution in [0.25, 0.3) is 0 Å². The van der Waals surface area contributed by atoms with Gasteiger partial charge in [0.25, 0.3) is 0 Å². The summed E-state index contributed by atoms with van der Waals surface area (Å²) in [6.07, 6.45) is 0.688. The maximum Gasteiger partial charge on any atom is 0.221 e. The fourth-order valence-corrected chi connectivity index (χ4v) is 2.27. The van der Waals surface area contributed by atoms with Crippen molar-refractivity contribution in [2.75, 3.05) is 11.5 Å². The van der Waals surface area contributed by atoms with Gasteiger partial charge in [-0.25, -0.2) is 0 Å². The van der Waals surface area contributed by atoms with E-state index in [0.717, 1.165) is 11.5 Å². The summed E-state index contributed by atoms with van der Waals surface area (Å²) in [5.74, 6) is 2.83. The van der Waals surface area contributed by atoms with Crippen LogP contribution in [0.4, 0.5) is 0 Å². The highest BCUT2D eigenvalue weighted by Crippen LogP contribution is 2.14. The summed E-state index contributed by atoms with van der Waals surface area (Å²) in [7, 11) is 0. The first-order chi connectivity index (χ1) is 5.20. The van der Waals surface area contributed by atoms with E-state index < -0.39 is 0 Å². The number of amides is 1. The Hall–Kier alpha value is -0.180. The van der Waals surface area contributed by atoms with Crippen LogP contribution in [0.1, 0.15) is 20.3 Å². The fourth-order valence-electron chi connectivity index (χ4n) is 1.05. The number of carbonyl (C=O) groups excluding carboxylic acids is 1. The van der Waals surface area contributed by atoms with Gasteiger partial charge in [-0.05, 0) is 5.92 Å². The summed E-state index contributed by atoms with van der Waals surface area (Å²) in [4.78, 5) is 11.1. The Bertz CT molecular complexity index is 147. The van der Waals surface area contributed by atoms with Gasteiger partial charge < -0.3 is 5.32 Å². The zero-order valence-electron chi connectivity index (χ0n) is 7.09. The standard InChI is InChI=1S/C8H15NOS/c1-6(2)7-5-11-4-3-8(10)9-7/h6-7H,3-5H2,1-2H3,(H,9,10). The van der Waals surface area contributed by atoms with Crippen LogP contribution in [-0.4, -0.2) is 23.5 Å². The van der Waals surface area contributed by atoms with Crippen LogP contribution in [0.3, 0.4) is 0 Å². The second-order valence-corrected chi connectivity index (χ2v) is 4.39. The molecule has 2 nitrogen and oxygen atoms in total. The van der Waals surface area contributed by atoms with Crippen LogP contribution in [0.5, 0.6) is 0 Å². The van der Waals surface area contributed by atoms with Crippen LogP contribution in [0.2, 0.25) is 0 Å². The van der Waals surface area contributed by atoms with Gasteiger partial charge in [-0.2, -0.15) is 11.8 Å². The van der Waals surface area contributed by atoms with Crippen LogP contribution < -0.4 is 5.32 Å². The number of hydrogen-bond acceptors (Lipinski definition) is 2. The van der Waals surface area contributed by atoms with Gasteiger partial charge in [0.2, 0.25) is 5.91 Å². The van der Waals surface area contributed by atoms with E-state index in [1.807, 2.05) is 11.8 Å². The van der Waals surface area contributed by atoms with Gasteiger partial charge in [-0.3, -0.25) is 4.79 Å². The number of hydrogen-bond donors (Lipinski definition) is 1. The average Bonchev–Trinajstić information content (AvgIpc) is 2.13. The van der Waals surface area contributed by atoms with E-state index in [9.17, 15) is 4.79 Å². The van der Waals surface area contributed by atoms with E-state index in [4.69, 9.17) is 0 Å². The second-order valence-electron chi connectivity index (χ2n) is 3.24. The molecule has 0 bridgehead atoms. The van der Waals surface area contributed by atoms with Gasteiger partial charge in [-0.15, -0.1) is 0 Å². The fraction of sp³-hybridized carbons (Fsp3) is 0.875. The highest BCUT2D eigenvalue weighted by molar-refractivity contribution is 7.99. The molecule has 0 radical (unpaired) electrons. The minimum absolute atomic E-state index is 0.216. The second kappa shape index (κ2) is 4.00. The van der Waals surface area contributed by atoms with Gasteiger partial charge in [0, 0.05) is 24.0 Å². The topological polar surface area (TPSA) is 29.1 Å². The van der Waals surface area contributed by atoms with Gasteiger partial charge in [-0.1, -0.05) is 13.8 Å².